The van der Waals surface area contributed by atoms with Crippen LogP contribution in [0.15, 0.2) is 21.7 Å². The number of pyridine rings is 1. The standard InChI is InChI=1S/C12H16N4O5S2/c1-9-11-7-10(8-13-12(11)21-15-9)23(19,20)14-3-5-16-4-2-6-22(16,17)18/h7-8,14H,2-6H2,1H3. The van der Waals surface area contributed by atoms with Crippen molar-refractivity contribution in [1.29, 1.82) is 0 Å². The van der Waals surface area contributed by atoms with Gasteiger partial charge in [-0.15, -0.1) is 0 Å². The zero-order chi connectivity index (χ0) is 16.7. The Balaban J connectivity index is 1.72. The van der Waals surface area contributed by atoms with Crippen LogP contribution in [0.3, 0.4) is 0 Å². The molecule has 2 aromatic rings. The lowest BCUT2D eigenvalue weighted by molar-refractivity contribution is 0.442. The number of hydrogen-bond acceptors (Lipinski definition) is 7. The third-order valence-corrected chi connectivity index (χ3v) is 7.04. The van der Waals surface area contributed by atoms with Gasteiger partial charge in [0.1, 0.15) is 4.90 Å². The van der Waals surface area contributed by atoms with Gasteiger partial charge in [0, 0.05) is 19.6 Å². The van der Waals surface area contributed by atoms with Crippen LogP contribution in [0.4, 0.5) is 0 Å². The van der Waals surface area contributed by atoms with Gasteiger partial charge in [-0.2, -0.15) is 0 Å². The summed E-state index contributed by atoms with van der Waals surface area (Å²) in [5.41, 5.74) is 0.817. The summed E-state index contributed by atoms with van der Waals surface area (Å²) in [7, 11) is -7.01. The number of aromatic nitrogens is 2. The van der Waals surface area contributed by atoms with Crippen LogP contribution >= 0.6 is 0 Å². The third-order valence-electron chi connectivity index (χ3n) is 3.65. The molecule has 1 saturated heterocycles. The first-order chi connectivity index (χ1) is 10.8. The summed E-state index contributed by atoms with van der Waals surface area (Å²) >= 11 is 0. The van der Waals surface area contributed by atoms with Crippen LogP contribution in [0.1, 0.15) is 12.1 Å². The fourth-order valence-corrected chi connectivity index (χ4v) is 4.92. The zero-order valence-electron chi connectivity index (χ0n) is 12.4. The van der Waals surface area contributed by atoms with E-state index >= 15 is 0 Å². The molecular formula is C12H16N4O5S2. The van der Waals surface area contributed by atoms with Crippen molar-refractivity contribution in [3.05, 3.63) is 18.0 Å². The maximum absolute atomic E-state index is 12.3. The van der Waals surface area contributed by atoms with Gasteiger partial charge in [-0.3, -0.25) is 0 Å². The molecule has 3 heterocycles. The van der Waals surface area contributed by atoms with Gasteiger partial charge in [0.15, 0.2) is 0 Å². The van der Waals surface area contributed by atoms with Crippen molar-refractivity contribution in [1.82, 2.24) is 19.2 Å². The van der Waals surface area contributed by atoms with E-state index in [1.54, 1.807) is 6.92 Å². The Kier molecular flexibility index (Phi) is 4.12. The van der Waals surface area contributed by atoms with Crippen LogP contribution < -0.4 is 4.72 Å². The van der Waals surface area contributed by atoms with E-state index in [9.17, 15) is 16.8 Å². The molecule has 1 aliphatic rings. The highest BCUT2D eigenvalue weighted by molar-refractivity contribution is 7.89. The molecule has 3 rings (SSSR count). The van der Waals surface area contributed by atoms with Crippen molar-refractivity contribution < 1.29 is 21.4 Å². The summed E-state index contributed by atoms with van der Waals surface area (Å²) < 4.78 is 56.5. The predicted molar refractivity (Wildman–Crippen MR) is 81.7 cm³/mol. The molecule has 0 aliphatic carbocycles. The van der Waals surface area contributed by atoms with Crippen LogP contribution in [-0.2, 0) is 20.0 Å². The average molecular weight is 360 g/mol. The normalized spacial score (nSPS) is 18.7. The number of nitrogens with one attached hydrogen (secondary N) is 1. The first-order valence-electron chi connectivity index (χ1n) is 6.99. The van der Waals surface area contributed by atoms with Crippen LogP contribution in [-0.4, -0.2) is 56.7 Å². The highest BCUT2D eigenvalue weighted by atomic mass is 32.2. The summed E-state index contributed by atoms with van der Waals surface area (Å²) in [5, 5.41) is 4.25. The maximum atomic E-state index is 12.3. The summed E-state index contributed by atoms with van der Waals surface area (Å²) in [5.74, 6) is 0.118. The number of nitrogens with zero attached hydrogens (tertiary/aromatic N) is 3. The van der Waals surface area contributed by atoms with E-state index in [4.69, 9.17) is 4.52 Å². The summed E-state index contributed by atoms with van der Waals surface area (Å²) in [6.45, 7) is 2.23. The summed E-state index contributed by atoms with van der Waals surface area (Å²) in [6.07, 6.45) is 1.75. The summed E-state index contributed by atoms with van der Waals surface area (Å²) in [6, 6.07) is 1.43. The number of rotatable bonds is 5. The molecule has 0 spiro atoms. The van der Waals surface area contributed by atoms with E-state index in [0.717, 1.165) is 0 Å². The number of sulfonamides is 2. The molecule has 0 radical (unpaired) electrons. The quantitative estimate of drug-likeness (QED) is 0.786. The van der Waals surface area contributed by atoms with Gasteiger partial charge in [0.2, 0.25) is 20.0 Å². The van der Waals surface area contributed by atoms with E-state index < -0.39 is 20.0 Å². The molecule has 11 heteroatoms. The number of aryl methyl sites for hydroxylation is 1. The minimum Gasteiger partial charge on any atom is -0.336 e. The van der Waals surface area contributed by atoms with Crippen LogP contribution in [0.5, 0.6) is 0 Å². The Hall–Kier alpha value is -1.56. The average Bonchev–Trinajstić information content (AvgIpc) is 3.02. The Morgan fingerprint density at radius 3 is 2.91 bits per heavy atom. The highest BCUT2D eigenvalue weighted by Crippen LogP contribution is 2.19. The van der Waals surface area contributed by atoms with E-state index in [2.05, 4.69) is 14.9 Å². The van der Waals surface area contributed by atoms with Gasteiger partial charge < -0.3 is 4.52 Å². The van der Waals surface area contributed by atoms with Gasteiger partial charge in [-0.25, -0.2) is 30.8 Å². The predicted octanol–water partition coefficient (Wildman–Crippen LogP) is -0.155. The van der Waals surface area contributed by atoms with Crippen molar-refractivity contribution in [3.8, 4) is 0 Å². The van der Waals surface area contributed by atoms with Crippen molar-refractivity contribution in [3.63, 3.8) is 0 Å². The first-order valence-corrected chi connectivity index (χ1v) is 10.1. The molecule has 0 unspecified atom stereocenters. The third kappa shape index (κ3) is 3.22. The molecule has 2 aromatic heterocycles. The molecular weight excluding hydrogens is 344 g/mol. The largest absolute Gasteiger partial charge is 0.336 e. The molecule has 0 atom stereocenters. The van der Waals surface area contributed by atoms with E-state index in [0.29, 0.717) is 24.0 Å². The molecule has 0 bridgehead atoms. The zero-order valence-corrected chi connectivity index (χ0v) is 14.0. The van der Waals surface area contributed by atoms with Crippen molar-refractivity contribution in [2.75, 3.05) is 25.4 Å². The lowest BCUT2D eigenvalue weighted by atomic mass is 10.3. The van der Waals surface area contributed by atoms with Crippen molar-refractivity contribution in [2.24, 2.45) is 0 Å². The van der Waals surface area contributed by atoms with E-state index in [1.807, 2.05) is 0 Å². The van der Waals surface area contributed by atoms with E-state index in [-0.39, 0.29) is 29.5 Å². The van der Waals surface area contributed by atoms with Crippen LogP contribution in [0, 0.1) is 6.92 Å². The molecule has 0 amide bonds. The number of fused-ring (bicyclic) bond motifs is 1. The Bertz CT molecular complexity index is 936. The lowest BCUT2D eigenvalue weighted by Crippen LogP contribution is -2.35. The second kappa shape index (κ2) is 5.82. The molecule has 0 saturated carbocycles. The van der Waals surface area contributed by atoms with Gasteiger partial charge in [0.25, 0.3) is 5.71 Å². The highest BCUT2D eigenvalue weighted by Gasteiger charge is 2.28. The van der Waals surface area contributed by atoms with Crippen molar-refractivity contribution in [2.45, 2.75) is 18.2 Å². The molecule has 1 fully saturated rings. The second-order valence-electron chi connectivity index (χ2n) is 5.26. The topological polar surface area (TPSA) is 122 Å². The van der Waals surface area contributed by atoms with Crippen LogP contribution in [0.25, 0.3) is 11.1 Å². The first kappa shape index (κ1) is 16.3. The molecule has 0 aromatic carbocycles. The molecule has 1 aliphatic heterocycles. The van der Waals surface area contributed by atoms with Gasteiger partial charge >= 0.3 is 0 Å². The van der Waals surface area contributed by atoms with Crippen LogP contribution in [0.2, 0.25) is 0 Å². The Labute approximate surface area is 133 Å². The molecule has 126 valence electrons. The smallest absolute Gasteiger partial charge is 0.257 e. The monoisotopic (exact) mass is 360 g/mol. The maximum Gasteiger partial charge on any atom is 0.257 e. The van der Waals surface area contributed by atoms with Gasteiger partial charge in [-0.1, -0.05) is 5.16 Å². The summed E-state index contributed by atoms with van der Waals surface area (Å²) in [4.78, 5) is 3.91. The van der Waals surface area contributed by atoms with Gasteiger partial charge in [0.05, 0.1) is 23.0 Å². The fraction of sp³-hybridized carbons (Fsp3) is 0.500. The number of hydrogen-bond donors (Lipinski definition) is 1. The van der Waals surface area contributed by atoms with Crippen molar-refractivity contribution >= 4 is 31.1 Å². The fourth-order valence-electron chi connectivity index (χ4n) is 2.40. The minimum absolute atomic E-state index is 0.00220. The lowest BCUT2D eigenvalue weighted by Gasteiger charge is -2.14. The Morgan fingerprint density at radius 1 is 1.43 bits per heavy atom. The van der Waals surface area contributed by atoms with E-state index in [1.165, 1.54) is 16.6 Å². The molecule has 1 N–H and O–H groups in total. The minimum atomic E-state index is -3.78. The van der Waals surface area contributed by atoms with Gasteiger partial charge in [-0.05, 0) is 19.4 Å². The molecule has 9 nitrogen and oxygen atoms in total. The second-order valence-corrected chi connectivity index (χ2v) is 9.11. The SMILES string of the molecule is Cc1noc2ncc(S(=O)(=O)NCCN3CCCS3(=O)=O)cc12. The Morgan fingerprint density at radius 2 is 2.22 bits per heavy atom. The molecule has 23 heavy (non-hydrogen) atoms.